The molecule has 92 valence electrons. The summed E-state index contributed by atoms with van der Waals surface area (Å²) in [6, 6.07) is 6.81. The molecular weight excluding hydrogens is 210 g/mol. The van der Waals surface area contributed by atoms with Crippen LogP contribution < -0.4 is 11.1 Å². The topological polar surface area (TPSA) is 41.3 Å². The van der Waals surface area contributed by atoms with E-state index in [4.69, 9.17) is 5.73 Å². The highest BCUT2D eigenvalue weighted by molar-refractivity contribution is 5.67. The van der Waals surface area contributed by atoms with Gasteiger partial charge in [0.2, 0.25) is 0 Å². The molecule has 0 amide bonds. The average molecular weight is 231 g/mol. The van der Waals surface area contributed by atoms with Crippen LogP contribution in [0.1, 0.15) is 18.4 Å². The third kappa shape index (κ3) is 2.12. The number of fused-ring (bicyclic) bond motifs is 3. The molecule has 0 spiro atoms. The van der Waals surface area contributed by atoms with Gasteiger partial charge in [0.15, 0.2) is 0 Å². The quantitative estimate of drug-likeness (QED) is 0.766. The molecule has 0 aromatic heterocycles. The van der Waals surface area contributed by atoms with E-state index in [1.807, 2.05) is 6.07 Å². The summed E-state index contributed by atoms with van der Waals surface area (Å²) >= 11 is 0. The molecular formula is C14H21N3. The SMILES string of the molecule is Cc1ccc(N)c(NC2CN3CCC2CC3)c1. The van der Waals surface area contributed by atoms with Crippen molar-refractivity contribution >= 4 is 11.4 Å². The molecule has 17 heavy (non-hydrogen) atoms. The van der Waals surface area contributed by atoms with Gasteiger partial charge in [0.1, 0.15) is 0 Å². The molecule has 0 saturated carbocycles. The molecule has 3 fully saturated rings. The van der Waals surface area contributed by atoms with Gasteiger partial charge in [0.05, 0.1) is 11.4 Å². The van der Waals surface area contributed by atoms with Gasteiger partial charge in [-0.2, -0.15) is 0 Å². The maximum atomic E-state index is 6.03. The number of nitrogens with zero attached hydrogens (tertiary/aromatic N) is 1. The standard InChI is InChI=1S/C14H21N3/c1-10-2-3-12(15)13(8-10)16-14-9-17-6-4-11(14)5-7-17/h2-3,8,11,14,16H,4-7,9,15H2,1H3. The number of nitrogens with two attached hydrogens (primary N) is 1. The highest BCUT2D eigenvalue weighted by Crippen LogP contribution is 2.31. The van der Waals surface area contributed by atoms with Crippen LogP contribution in [0.5, 0.6) is 0 Å². The summed E-state index contributed by atoms with van der Waals surface area (Å²) in [4.78, 5) is 2.56. The lowest BCUT2D eigenvalue weighted by molar-refractivity contribution is 0.0975. The zero-order chi connectivity index (χ0) is 11.8. The van der Waals surface area contributed by atoms with Crippen molar-refractivity contribution in [3.63, 3.8) is 0 Å². The number of aryl methyl sites for hydroxylation is 1. The van der Waals surface area contributed by atoms with Crippen molar-refractivity contribution in [3.8, 4) is 0 Å². The number of piperidine rings is 3. The van der Waals surface area contributed by atoms with Gasteiger partial charge in [0.25, 0.3) is 0 Å². The molecule has 3 N–H and O–H groups in total. The lowest BCUT2D eigenvalue weighted by atomic mass is 9.84. The lowest BCUT2D eigenvalue weighted by Crippen LogP contribution is -2.53. The largest absolute Gasteiger partial charge is 0.397 e. The minimum atomic E-state index is 0.585. The molecule has 3 aliphatic rings. The zero-order valence-corrected chi connectivity index (χ0v) is 10.4. The van der Waals surface area contributed by atoms with Crippen molar-refractivity contribution in [2.75, 3.05) is 30.7 Å². The van der Waals surface area contributed by atoms with Crippen molar-refractivity contribution in [1.82, 2.24) is 4.90 Å². The first-order valence-corrected chi connectivity index (χ1v) is 6.57. The first kappa shape index (κ1) is 10.9. The Kier molecular flexibility index (Phi) is 2.71. The molecule has 3 nitrogen and oxygen atoms in total. The summed E-state index contributed by atoms with van der Waals surface area (Å²) < 4.78 is 0. The molecule has 3 aliphatic heterocycles. The monoisotopic (exact) mass is 231 g/mol. The van der Waals surface area contributed by atoms with Crippen molar-refractivity contribution in [2.45, 2.75) is 25.8 Å². The van der Waals surface area contributed by atoms with Gasteiger partial charge in [0, 0.05) is 12.6 Å². The molecule has 1 aromatic rings. The molecule has 2 bridgehead atoms. The number of hydrogen-bond acceptors (Lipinski definition) is 3. The molecule has 1 aromatic carbocycles. The molecule has 1 unspecified atom stereocenters. The normalized spacial score (nSPS) is 31.5. The van der Waals surface area contributed by atoms with Gasteiger partial charge in [-0.15, -0.1) is 0 Å². The average Bonchev–Trinajstić information content (AvgIpc) is 2.35. The second-order valence-corrected chi connectivity index (χ2v) is 5.48. The number of benzene rings is 1. The van der Waals surface area contributed by atoms with E-state index in [1.54, 1.807) is 0 Å². The van der Waals surface area contributed by atoms with E-state index in [9.17, 15) is 0 Å². The Labute approximate surface area is 103 Å². The first-order valence-electron chi connectivity index (χ1n) is 6.57. The Morgan fingerprint density at radius 2 is 2.06 bits per heavy atom. The van der Waals surface area contributed by atoms with E-state index in [2.05, 4.69) is 29.3 Å². The molecule has 3 saturated heterocycles. The van der Waals surface area contributed by atoms with Gasteiger partial charge in [-0.05, 0) is 56.5 Å². The number of anilines is 2. The molecule has 0 aliphatic carbocycles. The summed E-state index contributed by atoms with van der Waals surface area (Å²) in [6.07, 6.45) is 2.67. The Hall–Kier alpha value is -1.22. The summed E-state index contributed by atoms with van der Waals surface area (Å²) in [5.74, 6) is 0.833. The van der Waals surface area contributed by atoms with Gasteiger partial charge in [-0.1, -0.05) is 6.07 Å². The Bertz CT molecular complexity index is 408. The summed E-state index contributed by atoms with van der Waals surface area (Å²) in [6.45, 7) is 5.86. The van der Waals surface area contributed by atoms with Crippen molar-refractivity contribution in [3.05, 3.63) is 23.8 Å². The van der Waals surface area contributed by atoms with Crippen LogP contribution in [0.15, 0.2) is 18.2 Å². The van der Waals surface area contributed by atoms with E-state index in [1.165, 1.54) is 38.0 Å². The summed E-state index contributed by atoms with van der Waals surface area (Å²) in [5, 5.41) is 3.65. The van der Waals surface area contributed by atoms with Crippen LogP contribution in [-0.4, -0.2) is 30.6 Å². The number of nitrogens with one attached hydrogen (secondary N) is 1. The predicted octanol–water partition coefficient (Wildman–Crippen LogP) is 2.08. The van der Waals surface area contributed by atoms with E-state index in [0.717, 1.165) is 17.3 Å². The van der Waals surface area contributed by atoms with Crippen LogP contribution in [0.25, 0.3) is 0 Å². The fourth-order valence-electron chi connectivity index (χ4n) is 3.12. The second kappa shape index (κ2) is 4.22. The lowest BCUT2D eigenvalue weighted by Gasteiger charge is -2.45. The fraction of sp³-hybridized carbons (Fsp3) is 0.571. The van der Waals surface area contributed by atoms with E-state index < -0.39 is 0 Å². The summed E-state index contributed by atoms with van der Waals surface area (Å²) in [7, 11) is 0. The summed E-state index contributed by atoms with van der Waals surface area (Å²) in [5.41, 5.74) is 9.28. The van der Waals surface area contributed by atoms with Gasteiger partial charge >= 0.3 is 0 Å². The van der Waals surface area contributed by atoms with E-state index in [0.29, 0.717) is 6.04 Å². The Balaban J connectivity index is 1.76. The van der Waals surface area contributed by atoms with Crippen molar-refractivity contribution in [1.29, 1.82) is 0 Å². The maximum absolute atomic E-state index is 6.03. The van der Waals surface area contributed by atoms with E-state index >= 15 is 0 Å². The smallest absolute Gasteiger partial charge is 0.0579 e. The molecule has 0 radical (unpaired) electrons. The maximum Gasteiger partial charge on any atom is 0.0579 e. The van der Waals surface area contributed by atoms with Gasteiger partial charge < -0.3 is 16.0 Å². The molecule has 1 atom stereocenters. The minimum absolute atomic E-state index is 0.585. The third-order valence-electron chi connectivity index (χ3n) is 4.21. The number of rotatable bonds is 2. The number of hydrogen-bond donors (Lipinski definition) is 2. The highest BCUT2D eigenvalue weighted by Gasteiger charge is 2.34. The number of nitrogen functional groups attached to an aromatic ring is 1. The van der Waals surface area contributed by atoms with Gasteiger partial charge in [-0.25, -0.2) is 0 Å². The Morgan fingerprint density at radius 3 is 2.71 bits per heavy atom. The highest BCUT2D eigenvalue weighted by atomic mass is 15.2. The first-order chi connectivity index (χ1) is 8.22. The Morgan fingerprint density at radius 1 is 1.29 bits per heavy atom. The minimum Gasteiger partial charge on any atom is -0.397 e. The van der Waals surface area contributed by atoms with Crippen LogP contribution >= 0.6 is 0 Å². The molecule has 3 heteroatoms. The van der Waals surface area contributed by atoms with Crippen molar-refractivity contribution in [2.24, 2.45) is 5.92 Å². The van der Waals surface area contributed by atoms with Crippen LogP contribution in [-0.2, 0) is 0 Å². The second-order valence-electron chi connectivity index (χ2n) is 5.48. The molecule has 3 heterocycles. The van der Waals surface area contributed by atoms with Crippen molar-refractivity contribution < 1.29 is 0 Å². The van der Waals surface area contributed by atoms with Crippen LogP contribution in [0, 0.1) is 12.8 Å². The van der Waals surface area contributed by atoms with Crippen LogP contribution in [0.2, 0.25) is 0 Å². The fourth-order valence-corrected chi connectivity index (χ4v) is 3.12. The third-order valence-corrected chi connectivity index (χ3v) is 4.21. The predicted molar refractivity (Wildman–Crippen MR) is 72.2 cm³/mol. The zero-order valence-electron chi connectivity index (χ0n) is 10.4. The van der Waals surface area contributed by atoms with Gasteiger partial charge in [-0.3, -0.25) is 0 Å². The van der Waals surface area contributed by atoms with E-state index in [-0.39, 0.29) is 0 Å². The molecule has 4 rings (SSSR count). The van der Waals surface area contributed by atoms with Crippen LogP contribution in [0.4, 0.5) is 11.4 Å². The van der Waals surface area contributed by atoms with Crippen LogP contribution in [0.3, 0.4) is 0 Å².